The highest BCUT2D eigenvalue weighted by Gasteiger charge is 2.12. The predicted octanol–water partition coefficient (Wildman–Crippen LogP) is 1.98. The molecular formula is C20H20N4O4. The van der Waals surface area contributed by atoms with Crippen molar-refractivity contribution in [3.63, 3.8) is 0 Å². The van der Waals surface area contributed by atoms with Crippen molar-refractivity contribution in [3.05, 3.63) is 63.6 Å². The van der Waals surface area contributed by atoms with Gasteiger partial charge in [-0.3, -0.25) is 4.79 Å². The Kier molecular flexibility index (Phi) is 4.48. The van der Waals surface area contributed by atoms with Gasteiger partial charge >= 0.3 is 0 Å². The molecule has 1 aromatic carbocycles. The molecule has 3 heterocycles. The van der Waals surface area contributed by atoms with Crippen molar-refractivity contribution < 1.29 is 14.6 Å². The standard InChI is InChI=1S/C20H20N4O4/c1-11-4-19-21-13(9-24(19)8-12(11)10-25)5-18-22-15-7-17(28-3)16(27-2)6-14(15)20(26)23-18/h4,6-9,25H,5,10H2,1-3H3,(H,22,23,26). The Morgan fingerprint density at radius 1 is 1.11 bits per heavy atom. The highest BCUT2D eigenvalue weighted by Crippen LogP contribution is 2.30. The van der Waals surface area contributed by atoms with Crippen molar-refractivity contribution in [2.45, 2.75) is 20.0 Å². The molecule has 0 spiro atoms. The Hall–Kier alpha value is -3.39. The van der Waals surface area contributed by atoms with Crippen LogP contribution >= 0.6 is 0 Å². The summed E-state index contributed by atoms with van der Waals surface area (Å²) >= 11 is 0. The second-order valence-electron chi connectivity index (χ2n) is 6.55. The molecule has 0 aliphatic heterocycles. The molecule has 0 aliphatic carbocycles. The van der Waals surface area contributed by atoms with Gasteiger partial charge in [0.25, 0.3) is 5.56 Å². The number of fused-ring (bicyclic) bond motifs is 2. The van der Waals surface area contributed by atoms with Gasteiger partial charge in [0.1, 0.15) is 11.5 Å². The van der Waals surface area contributed by atoms with E-state index in [4.69, 9.17) is 9.47 Å². The number of rotatable bonds is 5. The van der Waals surface area contributed by atoms with E-state index in [1.54, 1.807) is 12.1 Å². The van der Waals surface area contributed by atoms with Crippen molar-refractivity contribution in [1.82, 2.24) is 19.4 Å². The summed E-state index contributed by atoms with van der Waals surface area (Å²) in [6.07, 6.45) is 4.09. The van der Waals surface area contributed by atoms with E-state index in [1.165, 1.54) is 14.2 Å². The van der Waals surface area contributed by atoms with Crippen LogP contribution < -0.4 is 15.0 Å². The van der Waals surface area contributed by atoms with Crippen LogP contribution in [0.1, 0.15) is 22.6 Å². The Morgan fingerprint density at radius 2 is 1.86 bits per heavy atom. The molecule has 0 unspecified atom stereocenters. The Balaban J connectivity index is 1.75. The zero-order valence-electron chi connectivity index (χ0n) is 15.8. The third kappa shape index (κ3) is 3.07. The lowest BCUT2D eigenvalue weighted by Crippen LogP contribution is -2.12. The third-order valence-corrected chi connectivity index (χ3v) is 4.74. The van der Waals surface area contributed by atoms with Crippen LogP contribution in [0.2, 0.25) is 0 Å². The number of imidazole rings is 1. The maximum atomic E-state index is 12.5. The number of aromatic nitrogens is 4. The van der Waals surface area contributed by atoms with E-state index >= 15 is 0 Å². The minimum atomic E-state index is -0.247. The molecule has 4 aromatic rings. The molecule has 4 rings (SSSR count). The quantitative estimate of drug-likeness (QED) is 0.549. The molecule has 2 N–H and O–H groups in total. The van der Waals surface area contributed by atoms with Crippen LogP contribution in [-0.2, 0) is 13.0 Å². The number of aryl methyl sites for hydroxylation is 1. The molecule has 0 atom stereocenters. The zero-order chi connectivity index (χ0) is 19.8. The van der Waals surface area contributed by atoms with Crippen molar-refractivity contribution in [1.29, 1.82) is 0 Å². The van der Waals surface area contributed by atoms with Crippen molar-refractivity contribution >= 4 is 16.6 Å². The summed E-state index contributed by atoms with van der Waals surface area (Å²) in [5.41, 5.74) is 3.64. The van der Waals surface area contributed by atoms with E-state index in [-0.39, 0.29) is 12.2 Å². The van der Waals surface area contributed by atoms with Crippen LogP contribution in [-0.4, -0.2) is 38.7 Å². The van der Waals surface area contributed by atoms with E-state index < -0.39 is 0 Å². The maximum absolute atomic E-state index is 12.5. The summed E-state index contributed by atoms with van der Waals surface area (Å²) in [5.74, 6) is 1.50. The highest BCUT2D eigenvalue weighted by atomic mass is 16.5. The van der Waals surface area contributed by atoms with E-state index in [1.807, 2.05) is 29.8 Å². The maximum Gasteiger partial charge on any atom is 0.258 e. The van der Waals surface area contributed by atoms with Gasteiger partial charge in [-0.25, -0.2) is 9.97 Å². The second-order valence-corrected chi connectivity index (χ2v) is 6.55. The molecule has 28 heavy (non-hydrogen) atoms. The largest absolute Gasteiger partial charge is 0.493 e. The number of H-pyrrole nitrogens is 1. The number of hydrogen-bond donors (Lipinski definition) is 2. The summed E-state index contributed by atoms with van der Waals surface area (Å²) < 4.78 is 12.4. The molecule has 0 radical (unpaired) electrons. The fourth-order valence-electron chi connectivity index (χ4n) is 3.25. The minimum Gasteiger partial charge on any atom is -0.493 e. The molecule has 8 heteroatoms. The van der Waals surface area contributed by atoms with Gasteiger partial charge in [0.05, 0.1) is 37.4 Å². The zero-order valence-corrected chi connectivity index (χ0v) is 15.8. The van der Waals surface area contributed by atoms with Gasteiger partial charge < -0.3 is 24.0 Å². The fraction of sp³-hybridized carbons (Fsp3) is 0.250. The van der Waals surface area contributed by atoms with Crippen LogP contribution in [0.25, 0.3) is 16.6 Å². The fourth-order valence-corrected chi connectivity index (χ4v) is 3.25. The average molecular weight is 380 g/mol. The van der Waals surface area contributed by atoms with Gasteiger partial charge in [0.15, 0.2) is 11.5 Å². The van der Waals surface area contributed by atoms with E-state index in [9.17, 15) is 9.90 Å². The SMILES string of the molecule is COc1cc2nc(Cc3cn4cc(CO)c(C)cc4n3)[nH]c(=O)c2cc1OC. The van der Waals surface area contributed by atoms with Gasteiger partial charge in [-0.15, -0.1) is 0 Å². The molecule has 144 valence electrons. The highest BCUT2D eigenvalue weighted by molar-refractivity contribution is 5.81. The molecule has 0 bridgehead atoms. The minimum absolute atomic E-state index is 0.0276. The smallest absolute Gasteiger partial charge is 0.258 e. The van der Waals surface area contributed by atoms with Crippen LogP contribution in [0.4, 0.5) is 0 Å². The van der Waals surface area contributed by atoms with Crippen LogP contribution in [0.5, 0.6) is 11.5 Å². The lowest BCUT2D eigenvalue weighted by molar-refractivity contribution is 0.280. The third-order valence-electron chi connectivity index (χ3n) is 4.74. The van der Waals surface area contributed by atoms with E-state index in [0.717, 1.165) is 22.5 Å². The number of aromatic amines is 1. The first-order valence-corrected chi connectivity index (χ1v) is 8.75. The lowest BCUT2D eigenvalue weighted by atomic mass is 10.2. The molecule has 0 saturated carbocycles. The number of nitrogens with one attached hydrogen (secondary N) is 1. The summed E-state index contributed by atoms with van der Waals surface area (Å²) in [6.45, 7) is 1.91. The summed E-state index contributed by atoms with van der Waals surface area (Å²) in [5, 5.41) is 9.86. The monoisotopic (exact) mass is 380 g/mol. The number of ether oxygens (including phenoxy) is 2. The van der Waals surface area contributed by atoms with Crippen molar-refractivity contribution in [2.24, 2.45) is 0 Å². The number of benzene rings is 1. The lowest BCUT2D eigenvalue weighted by Gasteiger charge is -2.09. The van der Waals surface area contributed by atoms with Gasteiger partial charge in [0.2, 0.25) is 0 Å². The van der Waals surface area contributed by atoms with Crippen LogP contribution in [0.3, 0.4) is 0 Å². The van der Waals surface area contributed by atoms with E-state index in [0.29, 0.717) is 34.6 Å². The second kappa shape index (κ2) is 6.97. The van der Waals surface area contributed by atoms with E-state index in [2.05, 4.69) is 15.0 Å². The molecular weight excluding hydrogens is 360 g/mol. The predicted molar refractivity (Wildman–Crippen MR) is 104 cm³/mol. The summed E-state index contributed by atoms with van der Waals surface area (Å²) in [7, 11) is 3.06. The van der Waals surface area contributed by atoms with Crippen LogP contribution in [0, 0.1) is 6.92 Å². The molecule has 0 amide bonds. The first kappa shape index (κ1) is 18.0. The summed E-state index contributed by atoms with van der Waals surface area (Å²) in [4.78, 5) is 24.5. The Morgan fingerprint density at radius 3 is 2.57 bits per heavy atom. The van der Waals surface area contributed by atoms with Gasteiger partial charge in [-0.2, -0.15) is 0 Å². The Labute approximate surface area is 160 Å². The van der Waals surface area contributed by atoms with Crippen molar-refractivity contribution in [3.8, 4) is 11.5 Å². The number of methoxy groups -OCH3 is 2. The number of nitrogens with zero attached hydrogens (tertiary/aromatic N) is 3. The number of pyridine rings is 1. The number of aliphatic hydroxyl groups is 1. The molecule has 0 fully saturated rings. The first-order chi connectivity index (χ1) is 13.5. The van der Waals surface area contributed by atoms with Gasteiger partial charge in [-0.1, -0.05) is 0 Å². The molecule has 3 aromatic heterocycles. The topological polar surface area (TPSA) is 102 Å². The molecule has 8 nitrogen and oxygen atoms in total. The summed E-state index contributed by atoms with van der Waals surface area (Å²) in [6, 6.07) is 5.23. The normalized spacial score (nSPS) is 11.3. The van der Waals surface area contributed by atoms with Crippen LogP contribution in [0.15, 0.2) is 35.4 Å². The Bertz CT molecular complexity index is 1240. The number of hydrogen-bond acceptors (Lipinski definition) is 6. The molecule has 0 aliphatic rings. The molecule has 0 saturated heterocycles. The number of aliphatic hydroxyl groups excluding tert-OH is 1. The van der Waals surface area contributed by atoms with Crippen molar-refractivity contribution in [2.75, 3.05) is 14.2 Å². The van der Waals surface area contributed by atoms with Gasteiger partial charge in [0, 0.05) is 24.9 Å². The average Bonchev–Trinajstić information content (AvgIpc) is 3.07. The van der Waals surface area contributed by atoms with Gasteiger partial charge in [-0.05, 0) is 30.2 Å². The first-order valence-electron chi connectivity index (χ1n) is 8.75.